The van der Waals surface area contributed by atoms with Crippen LogP contribution in [0.15, 0.2) is 18.3 Å². The number of aliphatic hydroxyl groups is 1. The van der Waals surface area contributed by atoms with Crippen LogP contribution in [-0.4, -0.2) is 28.6 Å². The summed E-state index contributed by atoms with van der Waals surface area (Å²) in [5.41, 5.74) is 6.22. The van der Waals surface area contributed by atoms with Gasteiger partial charge >= 0.3 is 0 Å². The molecule has 1 aromatic rings. The molecular formula is C9H13N3O2. The maximum Gasteiger partial charge on any atom is 0.269 e. The molecule has 5 heteroatoms. The number of carbonyl (C=O) groups excluding carboxylic acids is 1. The van der Waals surface area contributed by atoms with E-state index in [1.807, 2.05) is 0 Å². The van der Waals surface area contributed by atoms with Crippen LogP contribution in [0.1, 0.15) is 17.4 Å². The van der Waals surface area contributed by atoms with Gasteiger partial charge in [-0.05, 0) is 19.1 Å². The molecule has 76 valence electrons. The van der Waals surface area contributed by atoms with E-state index in [-0.39, 0.29) is 12.5 Å². The van der Waals surface area contributed by atoms with Crippen LogP contribution in [-0.2, 0) is 0 Å². The fourth-order valence-electron chi connectivity index (χ4n) is 0.871. The number of anilines is 1. The Morgan fingerprint density at radius 3 is 2.93 bits per heavy atom. The fourth-order valence-corrected chi connectivity index (χ4v) is 0.871. The van der Waals surface area contributed by atoms with Crippen LogP contribution in [0.4, 0.5) is 5.69 Å². The predicted molar refractivity (Wildman–Crippen MR) is 52.7 cm³/mol. The lowest BCUT2D eigenvalue weighted by Gasteiger charge is -2.06. The Kier molecular flexibility index (Phi) is 3.41. The summed E-state index contributed by atoms with van der Waals surface area (Å²) in [4.78, 5) is 15.2. The average molecular weight is 195 g/mol. The van der Waals surface area contributed by atoms with Gasteiger partial charge in [-0.1, -0.05) is 0 Å². The van der Waals surface area contributed by atoms with Crippen LogP contribution >= 0.6 is 0 Å². The van der Waals surface area contributed by atoms with Gasteiger partial charge in [-0.15, -0.1) is 0 Å². The molecular weight excluding hydrogens is 182 g/mol. The molecule has 0 radical (unpaired) electrons. The zero-order valence-corrected chi connectivity index (χ0v) is 7.90. The number of amides is 1. The highest BCUT2D eigenvalue weighted by molar-refractivity contribution is 5.92. The molecule has 0 fully saturated rings. The lowest BCUT2D eigenvalue weighted by molar-refractivity contribution is 0.0919. The monoisotopic (exact) mass is 195 g/mol. The van der Waals surface area contributed by atoms with Crippen LogP contribution in [0.25, 0.3) is 0 Å². The van der Waals surface area contributed by atoms with E-state index in [1.54, 1.807) is 13.0 Å². The summed E-state index contributed by atoms with van der Waals surface area (Å²) >= 11 is 0. The quantitative estimate of drug-likeness (QED) is 0.622. The van der Waals surface area contributed by atoms with Crippen LogP contribution in [0.5, 0.6) is 0 Å². The van der Waals surface area contributed by atoms with Crippen molar-refractivity contribution in [2.75, 3.05) is 12.3 Å². The van der Waals surface area contributed by atoms with Gasteiger partial charge in [0.1, 0.15) is 5.69 Å². The number of hydrogen-bond acceptors (Lipinski definition) is 4. The van der Waals surface area contributed by atoms with Gasteiger partial charge in [-0.3, -0.25) is 4.79 Å². The number of aromatic nitrogens is 1. The second kappa shape index (κ2) is 4.57. The summed E-state index contributed by atoms with van der Waals surface area (Å²) < 4.78 is 0. The Balaban J connectivity index is 2.57. The molecule has 0 saturated heterocycles. The van der Waals surface area contributed by atoms with Crippen molar-refractivity contribution in [3.63, 3.8) is 0 Å². The second-order valence-electron chi connectivity index (χ2n) is 3.04. The Morgan fingerprint density at radius 2 is 2.43 bits per heavy atom. The highest BCUT2D eigenvalue weighted by Crippen LogP contribution is 2.00. The number of nitrogens with one attached hydrogen (secondary N) is 1. The minimum Gasteiger partial charge on any atom is -0.397 e. The molecule has 0 saturated carbocycles. The summed E-state index contributed by atoms with van der Waals surface area (Å²) in [5, 5.41) is 11.5. The molecule has 0 spiro atoms. The van der Waals surface area contributed by atoms with Crippen LogP contribution in [0, 0.1) is 0 Å². The van der Waals surface area contributed by atoms with E-state index in [0.717, 1.165) is 0 Å². The number of pyridine rings is 1. The van der Waals surface area contributed by atoms with Gasteiger partial charge in [0.2, 0.25) is 0 Å². The summed E-state index contributed by atoms with van der Waals surface area (Å²) in [7, 11) is 0. The van der Waals surface area contributed by atoms with Gasteiger partial charge in [-0.2, -0.15) is 0 Å². The molecule has 14 heavy (non-hydrogen) atoms. The van der Waals surface area contributed by atoms with Crippen molar-refractivity contribution in [1.29, 1.82) is 0 Å². The molecule has 0 bridgehead atoms. The lowest BCUT2D eigenvalue weighted by Crippen LogP contribution is -2.31. The van der Waals surface area contributed by atoms with E-state index in [9.17, 15) is 4.79 Å². The molecule has 0 aliphatic heterocycles. The fraction of sp³-hybridized carbons (Fsp3) is 0.333. The first-order chi connectivity index (χ1) is 6.59. The summed E-state index contributed by atoms with van der Waals surface area (Å²) in [5.74, 6) is -0.314. The van der Waals surface area contributed by atoms with Crippen LogP contribution in [0.3, 0.4) is 0 Å². The number of hydrogen-bond donors (Lipinski definition) is 3. The van der Waals surface area contributed by atoms with E-state index in [1.165, 1.54) is 12.3 Å². The molecule has 0 aliphatic rings. The molecule has 1 aromatic heterocycles. The van der Waals surface area contributed by atoms with E-state index in [2.05, 4.69) is 10.3 Å². The smallest absolute Gasteiger partial charge is 0.269 e. The third-order valence-corrected chi connectivity index (χ3v) is 1.58. The number of nitrogens with two attached hydrogens (primary N) is 1. The molecule has 4 N–H and O–H groups in total. The number of nitrogen functional groups attached to an aromatic ring is 1. The largest absolute Gasteiger partial charge is 0.397 e. The highest BCUT2D eigenvalue weighted by atomic mass is 16.3. The van der Waals surface area contributed by atoms with Gasteiger partial charge in [0.15, 0.2) is 0 Å². The third kappa shape index (κ3) is 3.02. The van der Waals surface area contributed by atoms with Crippen LogP contribution < -0.4 is 11.1 Å². The Morgan fingerprint density at radius 1 is 1.71 bits per heavy atom. The van der Waals surface area contributed by atoms with Gasteiger partial charge in [0, 0.05) is 6.54 Å². The Hall–Kier alpha value is -1.62. The van der Waals surface area contributed by atoms with Gasteiger partial charge in [-0.25, -0.2) is 4.98 Å². The summed E-state index contributed by atoms with van der Waals surface area (Å²) in [6, 6.07) is 3.14. The number of rotatable bonds is 3. The highest BCUT2D eigenvalue weighted by Gasteiger charge is 2.06. The second-order valence-corrected chi connectivity index (χ2v) is 3.04. The molecule has 1 amide bonds. The Labute approximate surface area is 82.0 Å². The van der Waals surface area contributed by atoms with Crippen molar-refractivity contribution >= 4 is 11.6 Å². The van der Waals surface area contributed by atoms with E-state index >= 15 is 0 Å². The molecule has 0 aromatic carbocycles. The van der Waals surface area contributed by atoms with E-state index in [4.69, 9.17) is 10.8 Å². The third-order valence-electron chi connectivity index (χ3n) is 1.58. The molecule has 1 heterocycles. The normalized spacial score (nSPS) is 12.1. The zero-order chi connectivity index (χ0) is 10.6. The van der Waals surface area contributed by atoms with Gasteiger partial charge < -0.3 is 16.2 Å². The lowest BCUT2D eigenvalue weighted by atomic mass is 10.3. The standard InChI is InChI=1S/C9H13N3O2/c1-6(13)4-12-9(14)8-3-2-7(10)5-11-8/h2-3,5-6,13H,4,10H2,1H3,(H,12,14). The van der Waals surface area contributed by atoms with E-state index < -0.39 is 6.10 Å². The van der Waals surface area contributed by atoms with Crippen molar-refractivity contribution in [3.8, 4) is 0 Å². The Bertz CT molecular complexity index is 308. The minimum atomic E-state index is -0.562. The molecule has 0 aliphatic carbocycles. The molecule has 1 unspecified atom stereocenters. The van der Waals surface area contributed by atoms with Crippen molar-refractivity contribution in [1.82, 2.24) is 10.3 Å². The van der Waals surface area contributed by atoms with Gasteiger partial charge in [0.25, 0.3) is 5.91 Å². The molecule has 1 rings (SSSR count). The summed E-state index contributed by atoms with van der Waals surface area (Å²) in [6.07, 6.45) is 0.852. The topological polar surface area (TPSA) is 88.2 Å². The first-order valence-electron chi connectivity index (χ1n) is 4.27. The van der Waals surface area contributed by atoms with E-state index in [0.29, 0.717) is 11.4 Å². The van der Waals surface area contributed by atoms with Crippen molar-refractivity contribution in [2.45, 2.75) is 13.0 Å². The predicted octanol–water partition coefficient (Wildman–Crippen LogP) is -0.226. The summed E-state index contributed by atoms with van der Waals surface area (Å²) in [6.45, 7) is 1.81. The van der Waals surface area contributed by atoms with Crippen molar-refractivity contribution < 1.29 is 9.90 Å². The maximum absolute atomic E-state index is 11.3. The average Bonchev–Trinajstić information content (AvgIpc) is 2.15. The molecule has 5 nitrogen and oxygen atoms in total. The number of carbonyl (C=O) groups is 1. The van der Waals surface area contributed by atoms with Gasteiger partial charge in [0.05, 0.1) is 18.0 Å². The number of aliphatic hydroxyl groups excluding tert-OH is 1. The zero-order valence-electron chi connectivity index (χ0n) is 7.90. The first-order valence-corrected chi connectivity index (χ1v) is 4.27. The molecule has 1 atom stereocenters. The maximum atomic E-state index is 11.3. The minimum absolute atomic E-state index is 0.213. The number of nitrogens with zero attached hydrogens (tertiary/aromatic N) is 1. The van der Waals surface area contributed by atoms with Crippen molar-refractivity contribution in [2.24, 2.45) is 0 Å². The first kappa shape index (κ1) is 10.5. The van der Waals surface area contributed by atoms with Crippen LogP contribution in [0.2, 0.25) is 0 Å². The SMILES string of the molecule is CC(O)CNC(=O)c1ccc(N)cn1. The van der Waals surface area contributed by atoms with Crippen molar-refractivity contribution in [3.05, 3.63) is 24.0 Å².